The van der Waals surface area contributed by atoms with Crippen LogP contribution >= 0.6 is 0 Å². The second-order valence-electron chi connectivity index (χ2n) is 4.30. The predicted octanol–water partition coefficient (Wildman–Crippen LogP) is 2.08. The van der Waals surface area contributed by atoms with Crippen molar-refractivity contribution in [2.45, 2.75) is 6.54 Å². The Morgan fingerprint density at radius 2 is 2.35 bits per heavy atom. The molecule has 8 heteroatoms. The molecule has 2 heterocycles. The number of nitro benzene ring substituents is 1. The van der Waals surface area contributed by atoms with Crippen molar-refractivity contribution in [2.75, 3.05) is 5.32 Å². The van der Waals surface area contributed by atoms with Gasteiger partial charge in [-0.3, -0.25) is 14.8 Å². The maximum absolute atomic E-state index is 10.7. The third-order valence-electron chi connectivity index (χ3n) is 2.78. The predicted molar refractivity (Wildman–Crippen MR) is 71.2 cm³/mol. The van der Waals surface area contributed by atoms with E-state index in [2.05, 4.69) is 15.4 Å². The smallest absolute Gasteiger partial charge is 0.295 e. The molecule has 0 spiro atoms. The molecule has 3 rings (SSSR count). The molecule has 0 saturated carbocycles. The first-order chi connectivity index (χ1) is 9.61. The molecule has 0 saturated heterocycles. The van der Waals surface area contributed by atoms with Gasteiger partial charge in [0.15, 0.2) is 5.58 Å². The molecule has 0 unspecified atom stereocenters. The molecule has 0 aliphatic heterocycles. The Bertz CT molecular complexity index is 776. The highest BCUT2D eigenvalue weighted by molar-refractivity contribution is 5.77. The number of non-ortho nitro benzene ring substituents is 1. The monoisotopic (exact) mass is 273 g/mol. The van der Waals surface area contributed by atoms with E-state index < -0.39 is 4.92 Å². The second kappa shape index (κ2) is 4.65. The first-order valence-corrected chi connectivity index (χ1v) is 5.88. The van der Waals surface area contributed by atoms with Gasteiger partial charge >= 0.3 is 0 Å². The second-order valence-corrected chi connectivity index (χ2v) is 4.30. The maximum Gasteiger partial charge on any atom is 0.295 e. The van der Waals surface area contributed by atoms with Gasteiger partial charge in [0.05, 0.1) is 11.1 Å². The largest absolute Gasteiger partial charge is 0.424 e. The minimum Gasteiger partial charge on any atom is -0.424 e. The van der Waals surface area contributed by atoms with Crippen LogP contribution in [0.4, 0.5) is 11.7 Å². The van der Waals surface area contributed by atoms with Crippen LogP contribution in [0.1, 0.15) is 5.56 Å². The molecular formula is C12H11N5O3. The Kier molecular flexibility index (Phi) is 2.82. The summed E-state index contributed by atoms with van der Waals surface area (Å²) in [5.74, 6) is 0. The molecule has 0 bridgehead atoms. The SMILES string of the molecule is Cn1cc(CNc2nc3cc([N+](=O)[O-])ccc3o2)cn1. The number of anilines is 1. The van der Waals surface area contributed by atoms with Crippen LogP contribution in [-0.4, -0.2) is 19.7 Å². The van der Waals surface area contributed by atoms with Crippen LogP contribution in [0.15, 0.2) is 35.0 Å². The van der Waals surface area contributed by atoms with Crippen LogP contribution in [0.5, 0.6) is 0 Å². The van der Waals surface area contributed by atoms with Crippen molar-refractivity contribution in [1.29, 1.82) is 0 Å². The van der Waals surface area contributed by atoms with Gasteiger partial charge in [-0.05, 0) is 6.07 Å². The Labute approximate surface area is 113 Å². The number of hydrogen-bond acceptors (Lipinski definition) is 6. The summed E-state index contributed by atoms with van der Waals surface area (Å²) >= 11 is 0. The Balaban J connectivity index is 1.80. The van der Waals surface area contributed by atoms with Crippen LogP contribution in [-0.2, 0) is 13.6 Å². The van der Waals surface area contributed by atoms with Crippen molar-refractivity contribution in [3.05, 3.63) is 46.3 Å². The lowest BCUT2D eigenvalue weighted by Gasteiger charge is -1.96. The number of aromatic nitrogens is 3. The quantitative estimate of drug-likeness (QED) is 0.577. The Hall–Kier alpha value is -2.90. The number of hydrogen-bond donors (Lipinski definition) is 1. The van der Waals surface area contributed by atoms with Gasteiger partial charge < -0.3 is 9.73 Å². The number of rotatable bonds is 4. The lowest BCUT2D eigenvalue weighted by Crippen LogP contribution is -1.98. The molecule has 0 radical (unpaired) electrons. The van der Waals surface area contributed by atoms with Crippen molar-refractivity contribution >= 4 is 22.8 Å². The summed E-state index contributed by atoms with van der Waals surface area (Å²) in [6.45, 7) is 0.517. The normalized spacial score (nSPS) is 10.8. The molecule has 2 aromatic heterocycles. The zero-order chi connectivity index (χ0) is 14.1. The van der Waals surface area contributed by atoms with Gasteiger partial charge in [-0.1, -0.05) is 0 Å². The highest BCUT2D eigenvalue weighted by Crippen LogP contribution is 2.23. The summed E-state index contributed by atoms with van der Waals surface area (Å²) in [5, 5.41) is 17.8. The summed E-state index contributed by atoms with van der Waals surface area (Å²) < 4.78 is 7.16. The van der Waals surface area contributed by atoms with Gasteiger partial charge in [0.2, 0.25) is 0 Å². The summed E-state index contributed by atoms with van der Waals surface area (Å²) in [5.41, 5.74) is 1.93. The van der Waals surface area contributed by atoms with E-state index in [-0.39, 0.29) is 5.69 Å². The van der Waals surface area contributed by atoms with E-state index in [0.717, 1.165) is 5.56 Å². The van der Waals surface area contributed by atoms with Crippen molar-refractivity contribution in [2.24, 2.45) is 7.05 Å². The average molecular weight is 273 g/mol. The standard InChI is InChI=1S/C12H11N5O3/c1-16-7-8(6-14-16)5-13-12-15-10-4-9(17(18)19)2-3-11(10)20-12/h2-4,6-7H,5H2,1H3,(H,13,15). The van der Waals surface area contributed by atoms with E-state index in [9.17, 15) is 10.1 Å². The molecule has 0 amide bonds. The molecule has 102 valence electrons. The summed E-state index contributed by atoms with van der Waals surface area (Å²) in [6.07, 6.45) is 3.61. The molecule has 0 fully saturated rings. The molecule has 3 aromatic rings. The zero-order valence-electron chi connectivity index (χ0n) is 10.6. The van der Waals surface area contributed by atoms with Gasteiger partial charge in [0, 0.05) is 37.5 Å². The first kappa shape index (κ1) is 12.2. The highest BCUT2D eigenvalue weighted by Gasteiger charge is 2.11. The van der Waals surface area contributed by atoms with Crippen LogP contribution in [0.25, 0.3) is 11.1 Å². The van der Waals surface area contributed by atoms with E-state index in [4.69, 9.17) is 4.42 Å². The van der Waals surface area contributed by atoms with Crippen molar-refractivity contribution < 1.29 is 9.34 Å². The molecule has 1 aromatic carbocycles. The lowest BCUT2D eigenvalue weighted by atomic mass is 10.3. The minimum absolute atomic E-state index is 0.00962. The topological polar surface area (TPSA) is 99.0 Å². The van der Waals surface area contributed by atoms with E-state index >= 15 is 0 Å². The van der Waals surface area contributed by atoms with Gasteiger partial charge in [0.1, 0.15) is 5.52 Å². The zero-order valence-corrected chi connectivity index (χ0v) is 10.6. The summed E-state index contributed by atoms with van der Waals surface area (Å²) in [7, 11) is 1.84. The fraction of sp³-hybridized carbons (Fsp3) is 0.167. The van der Waals surface area contributed by atoms with Crippen LogP contribution in [0, 0.1) is 10.1 Å². The van der Waals surface area contributed by atoms with Crippen molar-refractivity contribution in [1.82, 2.24) is 14.8 Å². The summed E-state index contributed by atoms with van der Waals surface area (Å²) in [4.78, 5) is 14.4. The number of benzene rings is 1. The van der Waals surface area contributed by atoms with E-state index in [0.29, 0.717) is 23.7 Å². The number of nitro groups is 1. The van der Waals surface area contributed by atoms with Gasteiger partial charge in [0.25, 0.3) is 11.7 Å². The van der Waals surface area contributed by atoms with Crippen molar-refractivity contribution in [3.63, 3.8) is 0 Å². The van der Waals surface area contributed by atoms with Gasteiger partial charge in [-0.15, -0.1) is 0 Å². The third kappa shape index (κ3) is 2.30. The number of nitrogens with one attached hydrogen (secondary N) is 1. The number of oxazole rings is 1. The van der Waals surface area contributed by atoms with E-state index in [1.165, 1.54) is 18.2 Å². The third-order valence-corrected chi connectivity index (χ3v) is 2.78. The fourth-order valence-electron chi connectivity index (χ4n) is 1.85. The van der Waals surface area contributed by atoms with E-state index in [1.807, 2.05) is 13.2 Å². The van der Waals surface area contributed by atoms with Gasteiger partial charge in [-0.2, -0.15) is 10.1 Å². The Morgan fingerprint density at radius 3 is 3.05 bits per heavy atom. The lowest BCUT2D eigenvalue weighted by molar-refractivity contribution is -0.384. The molecule has 0 atom stereocenters. The molecule has 1 N–H and O–H groups in total. The van der Waals surface area contributed by atoms with Crippen LogP contribution < -0.4 is 5.32 Å². The van der Waals surface area contributed by atoms with Gasteiger partial charge in [-0.25, -0.2) is 0 Å². The minimum atomic E-state index is -0.461. The highest BCUT2D eigenvalue weighted by atomic mass is 16.6. The molecule has 8 nitrogen and oxygen atoms in total. The molecule has 20 heavy (non-hydrogen) atoms. The number of aryl methyl sites for hydroxylation is 1. The van der Waals surface area contributed by atoms with E-state index in [1.54, 1.807) is 10.9 Å². The molecule has 0 aliphatic rings. The maximum atomic E-state index is 10.7. The first-order valence-electron chi connectivity index (χ1n) is 5.88. The van der Waals surface area contributed by atoms with Crippen LogP contribution in [0.3, 0.4) is 0 Å². The Morgan fingerprint density at radius 1 is 1.50 bits per heavy atom. The number of fused-ring (bicyclic) bond motifs is 1. The summed E-state index contributed by atoms with van der Waals surface area (Å²) in [6, 6.07) is 4.63. The van der Waals surface area contributed by atoms with Crippen molar-refractivity contribution in [3.8, 4) is 0 Å². The molecule has 0 aliphatic carbocycles. The average Bonchev–Trinajstić information content (AvgIpc) is 3.00. The van der Waals surface area contributed by atoms with Crippen LogP contribution in [0.2, 0.25) is 0 Å². The molecular weight excluding hydrogens is 262 g/mol. The fourth-order valence-corrected chi connectivity index (χ4v) is 1.85. The number of nitrogens with zero attached hydrogens (tertiary/aromatic N) is 4.